The number of esters is 1. The minimum absolute atomic E-state index is 0.143. The zero-order chi connectivity index (χ0) is 19.6. The van der Waals surface area contributed by atoms with Crippen LogP contribution in [0.4, 0.5) is 0 Å². The molecule has 0 saturated heterocycles. The van der Waals surface area contributed by atoms with Gasteiger partial charge in [0.1, 0.15) is 4.83 Å². The van der Waals surface area contributed by atoms with Gasteiger partial charge in [0.15, 0.2) is 11.9 Å². The lowest BCUT2D eigenvalue weighted by Crippen LogP contribution is -2.47. The second-order valence-corrected chi connectivity index (χ2v) is 10.8. The number of hydrogen-bond acceptors (Lipinski definition) is 5. The lowest BCUT2D eigenvalue weighted by atomic mass is 9.49. The van der Waals surface area contributed by atoms with E-state index >= 15 is 0 Å². The van der Waals surface area contributed by atoms with Crippen LogP contribution in [0.1, 0.15) is 74.2 Å². The van der Waals surface area contributed by atoms with E-state index in [1.165, 1.54) is 49.9 Å². The molecule has 0 unspecified atom stereocenters. The summed E-state index contributed by atoms with van der Waals surface area (Å²) in [6.45, 7) is 5.74. The Balaban J connectivity index is 1.32. The fraction of sp³-hybridized carbons (Fsp3) is 0.682. The summed E-state index contributed by atoms with van der Waals surface area (Å²) in [7, 11) is 0. The first-order chi connectivity index (χ1) is 13.3. The maximum Gasteiger partial charge on any atom is 0.307 e. The third-order valence-corrected chi connectivity index (χ3v) is 8.54. The highest BCUT2D eigenvalue weighted by atomic mass is 32.1. The maximum absolute atomic E-state index is 12.8. The number of fused-ring (bicyclic) bond motifs is 1. The van der Waals surface area contributed by atoms with E-state index in [-0.39, 0.29) is 16.9 Å². The molecule has 4 bridgehead atoms. The normalized spacial score (nSPS) is 32.0. The molecule has 1 atom stereocenters. The number of ether oxygens (including phenoxy) is 1. The number of nitrogens with one attached hydrogen (secondary N) is 1. The smallest absolute Gasteiger partial charge is 0.307 e. The van der Waals surface area contributed by atoms with Crippen molar-refractivity contribution in [1.29, 1.82) is 0 Å². The molecule has 4 aliphatic carbocycles. The third kappa shape index (κ3) is 3.00. The number of aryl methyl sites for hydroxylation is 2. The van der Waals surface area contributed by atoms with Gasteiger partial charge in [0.25, 0.3) is 5.56 Å². The van der Waals surface area contributed by atoms with E-state index < -0.39 is 6.10 Å². The summed E-state index contributed by atoms with van der Waals surface area (Å²) in [4.78, 5) is 34.5. The monoisotopic (exact) mass is 400 g/mol. The molecule has 6 heteroatoms. The van der Waals surface area contributed by atoms with Crippen molar-refractivity contribution < 1.29 is 9.53 Å². The van der Waals surface area contributed by atoms with Gasteiger partial charge in [-0.15, -0.1) is 11.3 Å². The first-order valence-electron chi connectivity index (χ1n) is 10.5. The van der Waals surface area contributed by atoms with Crippen LogP contribution in [0.3, 0.4) is 0 Å². The van der Waals surface area contributed by atoms with Gasteiger partial charge in [0.2, 0.25) is 0 Å². The van der Waals surface area contributed by atoms with Crippen LogP contribution in [0, 0.1) is 37.0 Å². The van der Waals surface area contributed by atoms with E-state index in [1.54, 1.807) is 6.92 Å². The van der Waals surface area contributed by atoms with Gasteiger partial charge in [0, 0.05) is 4.88 Å². The molecule has 2 heterocycles. The summed E-state index contributed by atoms with van der Waals surface area (Å²) in [6, 6.07) is 0. The highest BCUT2D eigenvalue weighted by molar-refractivity contribution is 7.18. The number of carbonyl (C=O) groups is 1. The molecule has 0 aromatic carbocycles. The van der Waals surface area contributed by atoms with E-state index in [2.05, 4.69) is 9.97 Å². The molecule has 0 spiro atoms. The van der Waals surface area contributed by atoms with Crippen molar-refractivity contribution in [3.63, 3.8) is 0 Å². The van der Waals surface area contributed by atoms with Crippen molar-refractivity contribution in [2.24, 2.45) is 23.2 Å². The Morgan fingerprint density at radius 1 is 1.21 bits per heavy atom. The van der Waals surface area contributed by atoms with Crippen molar-refractivity contribution in [2.45, 2.75) is 71.8 Å². The first kappa shape index (κ1) is 18.3. The molecule has 0 radical (unpaired) electrons. The van der Waals surface area contributed by atoms with Crippen molar-refractivity contribution in [3.8, 4) is 0 Å². The van der Waals surface area contributed by atoms with Crippen molar-refractivity contribution in [1.82, 2.24) is 9.97 Å². The lowest BCUT2D eigenvalue weighted by Gasteiger charge is -2.56. The summed E-state index contributed by atoms with van der Waals surface area (Å²) in [5.41, 5.74) is 0.996. The van der Waals surface area contributed by atoms with Crippen LogP contribution in [-0.2, 0) is 9.53 Å². The third-order valence-electron chi connectivity index (χ3n) is 7.44. The van der Waals surface area contributed by atoms with Gasteiger partial charge in [-0.25, -0.2) is 4.98 Å². The van der Waals surface area contributed by atoms with Gasteiger partial charge in [-0.3, -0.25) is 9.59 Å². The minimum atomic E-state index is -0.541. The molecule has 150 valence electrons. The van der Waals surface area contributed by atoms with Gasteiger partial charge < -0.3 is 9.72 Å². The lowest BCUT2D eigenvalue weighted by molar-refractivity contribution is -0.157. The van der Waals surface area contributed by atoms with Gasteiger partial charge in [0.05, 0.1) is 11.8 Å². The second kappa shape index (κ2) is 6.41. The van der Waals surface area contributed by atoms with E-state index in [4.69, 9.17) is 4.74 Å². The minimum Gasteiger partial charge on any atom is -0.454 e. The average Bonchev–Trinajstić information content (AvgIpc) is 2.87. The number of hydrogen-bond donors (Lipinski definition) is 1. The molecule has 0 aliphatic heterocycles. The highest BCUT2D eigenvalue weighted by Gasteiger charge is 2.51. The number of thiophene rings is 1. The Morgan fingerprint density at radius 2 is 1.82 bits per heavy atom. The molecule has 4 saturated carbocycles. The van der Waals surface area contributed by atoms with Gasteiger partial charge in [-0.1, -0.05) is 0 Å². The van der Waals surface area contributed by atoms with E-state index in [0.29, 0.717) is 17.6 Å². The second-order valence-electron chi connectivity index (χ2n) is 9.64. The Kier molecular flexibility index (Phi) is 4.20. The summed E-state index contributed by atoms with van der Waals surface area (Å²) >= 11 is 1.52. The fourth-order valence-electron chi connectivity index (χ4n) is 6.57. The largest absolute Gasteiger partial charge is 0.454 e. The summed E-state index contributed by atoms with van der Waals surface area (Å²) in [6.07, 6.45) is 7.66. The van der Waals surface area contributed by atoms with Crippen LogP contribution in [-0.4, -0.2) is 15.9 Å². The van der Waals surface area contributed by atoms with Crippen molar-refractivity contribution in [3.05, 3.63) is 26.6 Å². The number of carbonyl (C=O) groups excluding carboxylic acids is 1. The summed E-state index contributed by atoms with van der Waals surface area (Å²) in [5, 5.41) is 0.651. The fourth-order valence-corrected chi connectivity index (χ4v) is 7.61. The van der Waals surface area contributed by atoms with Crippen LogP contribution in [0.5, 0.6) is 0 Å². The molecule has 6 rings (SSSR count). The number of aromatic amines is 1. The predicted octanol–water partition coefficient (Wildman–Crippen LogP) is 4.81. The molecule has 2 aromatic heterocycles. The zero-order valence-electron chi connectivity index (χ0n) is 16.8. The molecule has 1 N–H and O–H groups in total. The standard InChI is InChI=1S/C22H28N2O3S/c1-11-13(3)28-21-18(11)20(26)23-19(24-21)12(2)27-17(25)10-22-7-14-4-15(8-22)6-16(5-14)9-22/h12,14-16H,4-10H2,1-3H3,(H,23,24,26)/t12-,14?,15?,16?,22?/m0/s1. The number of nitrogens with zero attached hydrogens (tertiary/aromatic N) is 1. The van der Waals surface area contributed by atoms with Gasteiger partial charge >= 0.3 is 5.97 Å². The van der Waals surface area contributed by atoms with Crippen LogP contribution < -0.4 is 5.56 Å². The Hall–Kier alpha value is -1.69. The van der Waals surface area contributed by atoms with Crippen molar-refractivity contribution in [2.75, 3.05) is 0 Å². The Morgan fingerprint density at radius 3 is 2.43 bits per heavy atom. The topological polar surface area (TPSA) is 72.0 Å². The molecule has 2 aromatic rings. The summed E-state index contributed by atoms with van der Waals surface area (Å²) in [5.74, 6) is 2.76. The van der Waals surface area contributed by atoms with Crippen molar-refractivity contribution >= 4 is 27.5 Å². The Bertz CT molecular complexity index is 970. The van der Waals surface area contributed by atoms with E-state index in [0.717, 1.165) is 33.0 Å². The highest BCUT2D eigenvalue weighted by Crippen LogP contribution is 2.61. The first-order valence-corrected chi connectivity index (χ1v) is 11.3. The van der Waals surface area contributed by atoms with E-state index in [9.17, 15) is 9.59 Å². The Labute approximate surface area is 168 Å². The van der Waals surface area contributed by atoms with Crippen LogP contribution in [0.25, 0.3) is 10.2 Å². The molecular weight excluding hydrogens is 372 g/mol. The molecule has 5 nitrogen and oxygen atoms in total. The van der Waals surface area contributed by atoms with Gasteiger partial charge in [-0.05, 0) is 88.0 Å². The molecule has 4 fully saturated rings. The van der Waals surface area contributed by atoms with Crippen LogP contribution >= 0.6 is 11.3 Å². The predicted molar refractivity (Wildman–Crippen MR) is 109 cm³/mol. The average molecular weight is 401 g/mol. The molecular formula is C22H28N2O3S. The zero-order valence-corrected chi connectivity index (χ0v) is 17.7. The van der Waals surface area contributed by atoms with E-state index in [1.807, 2.05) is 13.8 Å². The molecule has 28 heavy (non-hydrogen) atoms. The quantitative estimate of drug-likeness (QED) is 0.748. The number of H-pyrrole nitrogens is 1. The molecule has 0 amide bonds. The van der Waals surface area contributed by atoms with Crippen LogP contribution in [0.15, 0.2) is 4.79 Å². The number of aromatic nitrogens is 2. The van der Waals surface area contributed by atoms with Crippen LogP contribution in [0.2, 0.25) is 0 Å². The summed E-state index contributed by atoms with van der Waals surface area (Å²) < 4.78 is 5.75. The van der Waals surface area contributed by atoms with Gasteiger partial charge in [-0.2, -0.15) is 0 Å². The maximum atomic E-state index is 12.8. The number of rotatable bonds is 4. The SMILES string of the molecule is Cc1sc2nc([C@H](C)OC(=O)CC34CC5CC(CC(C5)C3)C4)[nH]c(=O)c2c1C. The molecule has 4 aliphatic rings.